The maximum absolute atomic E-state index is 12.2. The molecule has 0 aliphatic carbocycles. The van der Waals surface area contributed by atoms with Crippen molar-refractivity contribution in [2.24, 2.45) is 5.92 Å². The molecular formula is C13H23N3O2. The molecule has 2 aliphatic heterocycles. The van der Waals surface area contributed by atoms with Gasteiger partial charge in [-0.15, -0.1) is 0 Å². The first-order chi connectivity index (χ1) is 8.70. The molecule has 2 rings (SSSR count). The SMILES string of the molecule is CNCCC1CCN(C(=O)[C@@H]2CCC(=O)N2)CC1. The summed E-state index contributed by atoms with van der Waals surface area (Å²) in [5.74, 6) is 0.866. The molecule has 18 heavy (non-hydrogen) atoms. The first kappa shape index (κ1) is 13.3. The highest BCUT2D eigenvalue weighted by molar-refractivity contribution is 5.90. The highest BCUT2D eigenvalue weighted by Crippen LogP contribution is 2.21. The second-order valence-corrected chi connectivity index (χ2v) is 5.32. The van der Waals surface area contributed by atoms with E-state index in [2.05, 4.69) is 10.6 Å². The fourth-order valence-electron chi connectivity index (χ4n) is 2.81. The molecule has 0 aromatic carbocycles. The molecule has 0 aromatic heterocycles. The normalized spacial score (nSPS) is 25.3. The lowest BCUT2D eigenvalue weighted by Gasteiger charge is -2.33. The molecule has 102 valence electrons. The summed E-state index contributed by atoms with van der Waals surface area (Å²) in [5, 5.41) is 5.93. The lowest BCUT2D eigenvalue weighted by Crippen LogP contribution is -2.47. The van der Waals surface area contributed by atoms with Crippen molar-refractivity contribution in [3.63, 3.8) is 0 Å². The molecule has 2 aliphatic rings. The number of piperidine rings is 1. The van der Waals surface area contributed by atoms with Crippen molar-refractivity contribution in [2.45, 2.75) is 38.1 Å². The van der Waals surface area contributed by atoms with Crippen molar-refractivity contribution in [1.82, 2.24) is 15.5 Å². The van der Waals surface area contributed by atoms with Crippen molar-refractivity contribution < 1.29 is 9.59 Å². The fraction of sp³-hybridized carbons (Fsp3) is 0.846. The molecule has 0 spiro atoms. The van der Waals surface area contributed by atoms with Crippen LogP contribution in [0.3, 0.4) is 0 Å². The van der Waals surface area contributed by atoms with E-state index in [1.807, 2.05) is 11.9 Å². The molecule has 0 aromatic rings. The average molecular weight is 253 g/mol. The molecule has 0 saturated carbocycles. The molecule has 1 atom stereocenters. The summed E-state index contributed by atoms with van der Waals surface area (Å²) in [6, 6.07) is -0.258. The summed E-state index contributed by atoms with van der Waals surface area (Å²) < 4.78 is 0. The smallest absolute Gasteiger partial charge is 0.245 e. The molecule has 0 radical (unpaired) electrons. The van der Waals surface area contributed by atoms with Crippen LogP contribution in [0.1, 0.15) is 32.1 Å². The van der Waals surface area contributed by atoms with E-state index >= 15 is 0 Å². The van der Waals surface area contributed by atoms with Gasteiger partial charge in [-0.25, -0.2) is 0 Å². The van der Waals surface area contributed by atoms with Crippen molar-refractivity contribution >= 4 is 11.8 Å². The van der Waals surface area contributed by atoms with Crippen LogP contribution in [0.25, 0.3) is 0 Å². The number of carbonyl (C=O) groups excluding carboxylic acids is 2. The summed E-state index contributed by atoms with van der Waals surface area (Å²) in [6.07, 6.45) is 4.53. The Morgan fingerprint density at radius 3 is 2.67 bits per heavy atom. The largest absolute Gasteiger partial charge is 0.344 e. The summed E-state index contributed by atoms with van der Waals surface area (Å²) in [6.45, 7) is 2.75. The van der Waals surface area contributed by atoms with E-state index in [9.17, 15) is 9.59 Å². The minimum absolute atomic E-state index is 0.0113. The summed E-state index contributed by atoms with van der Waals surface area (Å²) in [7, 11) is 1.97. The van der Waals surface area contributed by atoms with E-state index in [0.717, 1.165) is 38.4 Å². The van der Waals surface area contributed by atoms with Crippen LogP contribution in [-0.2, 0) is 9.59 Å². The van der Waals surface area contributed by atoms with Gasteiger partial charge in [-0.2, -0.15) is 0 Å². The van der Waals surface area contributed by atoms with E-state index in [1.54, 1.807) is 0 Å². The molecule has 2 N–H and O–H groups in total. The fourth-order valence-corrected chi connectivity index (χ4v) is 2.81. The van der Waals surface area contributed by atoms with Crippen LogP contribution in [-0.4, -0.2) is 49.4 Å². The van der Waals surface area contributed by atoms with Crippen molar-refractivity contribution in [1.29, 1.82) is 0 Å². The zero-order chi connectivity index (χ0) is 13.0. The van der Waals surface area contributed by atoms with Crippen LogP contribution in [0.4, 0.5) is 0 Å². The van der Waals surface area contributed by atoms with Crippen LogP contribution in [0, 0.1) is 5.92 Å². The Kier molecular flexibility index (Phi) is 4.58. The van der Waals surface area contributed by atoms with Gasteiger partial charge in [0.1, 0.15) is 6.04 Å². The van der Waals surface area contributed by atoms with Gasteiger partial charge in [0, 0.05) is 19.5 Å². The lowest BCUT2D eigenvalue weighted by atomic mass is 9.93. The number of hydrogen-bond acceptors (Lipinski definition) is 3. The van der Waals surface area contributed by atoms with Gasteiger partial charge in [-0.1, -0.05) is 0 Å². The van der Waals surface area contributed by atoms with E-state index in [1.165, 1.54) is 6.42 Å². The van der Waals surface area contributed by atoms with Gasteiger partial charge >= 0.3 is 0 Å². The van der Waals surface area contributed by atoms with Gasteiger partial charge in [0.2, 0.25) is 11.8 Å². The van der Waals surface area contributed by atoms with Crippen LogP contribution in [0.5, 0.6) is 0 Å². The summed E-state index contributed by atoms with van der Waals surface area (Å²) >= 11 is 0. The van der Waals surface area contributed by atoms with Gasteiger partial charge in [0.05, 0.1) is 0 Å². The Hall–Kier alpha value is -1.10. The van der Waals surface area contributed by atoms with E-state index in [-0.39, 0.29) is 17.9 Å². The Morgan fingerprint density at radius 1 is 1.39 bits per heavy atom. The minimum atomic E-state index is -0.258. The maximum Gasteiger partial charge on any atom is 0.245 e. The molecule has 0 bridgehead atoms. The number of hydrogen-bond donors (Lipinski definition) is 2. The first-order valence-electron chi connectivity index (χ1n) is 6.93. The maximum atomic E-state index is 12.2. The molecular weight excluding hydrogens is 230 g/mol. The van der Waals surface area contributed by atoms with Gasteiger partial charge < -0.3 is 15.5 Å². The van der Waals surface area contributed by atoms with E-state index < -0.39 is 0 Å². The quantitative estimate of drug-likeness (QED) is 0.748. The highest BCUT2D eigenvalue weighted by atomic mass is 16.2. The second kappa shape index (κ2) is 6.18. The number of rotatable bonds is 4. The molecule has 5 nitrogen and oxygen atoms in total. The minimum Gasteiger partial charge on any atom is -0.344 e. The third-order valence-electron chi connectivity index (χ3n) is 4.02. The lowest BCUT2D eigenvalue weighted by molar-refractivity contribution is -0.135. The predicted molar refractivity (Wildman–Crippen MR) is 69.0 cm³/mol. The van der Waals surface area contributed by atoms with Gasteiger partial charge in [-0.3, -0.25) is 9.59 Å². The molecule has 5 heteroatoms. The molecule has 2 amide bonds. The Labute approximate surface area is 108 Å². The van der Waals surface area contributed by atoms with Gasteiger partial charge in [0.25, 0.3) is 0 Å². The van der Waals surface area contributed by atoms with Crippen molar-refractivity contribution in [2.75, 3.05) is 26.7 Å². The molecule has 0 unspecified atom stereocenters. The second-order valence-electron chi connectivity index (χ2n) is 5.32. The average Bonchev–Trinajstić information content (AvgIpc) is 2.83. The number of nitrogens with one attached hydrogen (secondary N) is 2. The number of nitrogens with zero attached hydrogens (tertiary/aromatic N) is 1. The Balaban J connectivity index is 1.75. The zero-order valence-corrected chi connectivity index (χ0v) is 11.1. The third-order valence-corrected chi connectivity index (χ3v) is 4.02. The van der Waals surface area contributed by atoms with Crippen molar-refractivity contribution in [3.05, 3.63) is 0 Å². The third kappa shape index (κ3) is 3.22. The van der Waals surface area contributed by atoms with Gasteiger partial charge in [0.15, 0.2) is 0 Å². The number of amides is 2. The Morgan fingerprint density at radius 2 is 2.11 bits per heavy atom. The zero-order valence-electron chi connectivity index (χ0n) is 11.1. The van der Waals surface area contributed by atoms with Crippen LogP contribution in [0.2, 0.25) is 0 Å². The summed E-state index contributed by atoms with van der Waals surface area (Å²) in [5.41, 5.74) is 0. The van der Waals surface area contributed by atoms with Crippen LogP contribution < -0.4 is 10.6 Å². The molecule has 2 heterocycles. The monoisotopic (exact) mass is 253 g/mol. The van der Waals surface area contributed by atoms with Crippen LogP contribution in [0.15, 0.2) is 0 Å². The molecule has 2 saturated heterocycles. The summed E-state index contributed by atoms with van der Waals surface area (Å²) in [4.78, 5) is 25.2. The van der Waals surface area contributed by atoms with E-state index in [4.69, 9.17) is 0 Å². The van der Waals surface area contributed by atoms with E-state index in [0.29, 0.717) is 12.8 Å². The van der Waals surface area contributed by atoms with Gasteiger partial charge in [-0.05, 0) is 45.2 Å². The number of carbonyl (C=O) groups is 2. The number of likely N-dealkylation sites (tertiary alicyclic amines) is 1. The first-order valence-corrected chi connectivity index (χ1v) is 6.93. The van der Waals surface area contributed by atoms with Crippen molar-refractivity contribution in [3.8, 4) is 0 Å². The highest BCUT2D eigenvalue weighted by Gasteiger charge is 2.32. The standard InChI is InChI=1S/C13H23N3O2/c1-14-7-4-10-5-8-16(9-6-10)13(18)11-2-3-12(17)15-11/h10-11,14H,2-9H2,1H3,(H,15,17)/t11-/m0/s1. The van der Waals surface area contributed by atoms with Crippen LogP contribution >= 0.6 is 0 Å². The topological polar surface area (TPSA) is 61.4 Å². The molecule has 2 fully saturated rings. The Bertz CT molecular complexity index is 311. The predicted octanol–water partition coefficient (Wildman–Crippen LogP) is 0.113.